The third-order valence-corrected chi connectivity index (χ3v) is 3.01. The van der Waals surface area contributed by atoms with Gasteiger partial charge in [-0.25, -0.2) is 4.79 Å². The average molecular weight is 229 g/mol. The van der Waals surface area contributed by atoms with Gasteiger partial charge in [0, 0.05) is 5.39 Å². The molecule has 0 spiro atoms. The first kappa shape index (κ1) is 11.5. The molecular weight excluding hydrogens is 214 g/mol. The van der Waals surface area contributed by atoms with E-state index >= 15 is 0 Å². The highest BCUT2D eigenvalue weighted by Crippen LogP contribution is 2.29. The van der Waals surface area contributed by atoms with Gasteiger partial charge in [0.2, 0.25) is 0 Å². The summed E-state index contributed by atoms with van der Waals surface area (Å²) in [4.78, 5) is 11.2. The Hall–Kier alpha value is -2.03. The fraction of sp³-hybridized carbons (Fsp3) is 0.214. The number of hydrogen-bond donors (Lipinski definition) is 2. The van der Waals surface area contributed by atoms with Crippen LogP contribution in [0.4, 0.5) is 5.69 Å². The van der Waals surface area contributed by atoms with Gasteiger partial charge in [-0.05, 0) is 24.3 Å². The van der Waals surface area contributed by atoms with Crippen LogP contribution in [-0.2, 0) is 6.42 Å². The van der Waals surface area contributed by atoms with Crippen molar-refractivity contribution in [2.45, 2.75) is 20.3 Å². The van der Waals surface area contributed by atoms with Gasteiger partial charge < -0.3 is 10.8 Å². The summed E-state index contributed by atoms with van der Waals surface area (Å²) >= 11 is 0. The minimum Gasteiger partial charge on any atom is -0.478 e. The molecule has 3 heteroatoms. The maximum absolute atomic E-state index is 11.2. The molecule has 0 unspecified atom stereocenters. The molecule has 2 aromatic rings. The zero-order chi connectivity index (χ0) is 12.6. The van der Waals surface area contributed by atoms with Gasteiger partial charge in [-0.15, -0.1) is 0 Å². The molecule has 0 aliphatic rings. The minimum absolute atomic E-state index is 0.240. The predicted molar refractivity (Wildman–Crippen MR) is 69.4 cm³/mol. The first-order valence-electron chi connectivity index (χ1n) is 5.59. The Kier molecular flexibility index (Phi) is 2.76. The molecule has 0 atom stereocenters. The molecule has 0 aliphatic carbocycles. The van der Waals surface area contributed by atoms with Gasteiger partial charge >= 0.3 is 5.97 Å². The Morgan fingerprint density at radius 3 is 2.65 bits per heavy atom. The molecule has 0 radical (unpaired) electrons. The molecule has 88 valence electrons. The number of aryl methyl sites for hydroxylation is 2. The molecule has 0 saturated heterocycles. The van der Waals surface area contributed by atoms with E-state index in [9.17, 15) is 9.90 Å². The molecule has 0 aliphatic heterocycles. The number of anilines is 1. The van der Waals surface area contributed by atoms with Gasteiger partial charge in [0.1, 0.15) is 0 Å². The van der Waals surface area contributed by atoms with Crippen molar-refractivity contribution in [1.29, 1.82) is 0 Å². The lowest BCUT2D eigenvalue weighted by Crippen LogP contribution is -2.07. The van der Waals surface area contributed by atoms with Gasteiger partial charge in [-0.2, -0.15) is 0 Å². The van der Waals surface area contributed by atoms with E-state index < -0.39 is 5.97 Å². The number of benzene rings is 2. The van der Waals surface area contributed by atoms with Crippen molar-refractivity contribution in [3.63, 3.8) is 0 Å². The highest BCUT2D eigenvalue weighted by molar-refractivity contribution is 6.06. The van der Waals surface area contributed by atoms with E-state index in [-0.39, 0.29) is 5.56 Å². The zero-order valence-corrected chi connectivity index (χ0v) is 9.95. The summed E-state index contributed by atoms with van der Waals surface area (Å²) in [7, 11) is 0. The molecule has 2 aromatic carbocycles. The number of nitrogens with two attached hydrogens (primary N) is 1. The zero-order valence-electron chi connectivity index (χ0n) is 9.95. The van der Waals surface area contributed by atoms with Crippen LogP contribution >= 0.6 is 0 Å². The lowest BCUT2D eigenvalue weighted by atomic mass is 9.96. The fourth-order valence-corrected chi connectivity index (χ4v) is 2.15. The Labute approximate surface area is 99.9 Å². The van der Waals surface area contributed by atoms with E-state index in [0.717, 1.165) is 21.9 Å². The first-order chi connectivity index (χ1) is 8.04. The molecule has 0 heterocycles. The van der Waals surface area contributed by atoms with Crippen LogP contribution in [0.2, 0.25) is 0 Å². The molecule has 17 heavy (non-hydrogen) atoms. The van der Waals surface area contributed by atoms with Crippen molar-refractivity contribution in [2.75, 3.05) is 5.73 Å². The predicted octanol–water partition coefficient (Wildman–Crippen LogP) is 2.99. The summed E-state index contributed by atoms with van der Waals surface area (Å²) in [6.45, 7) is 3.94. The number of carboxylic acid groups (broad SMARTS) is 1. The molecule has 3 nitrogen and oxygen atoms in total. The average Bonchev–Trinajstić information content (AvgIpc) is 2.27. The summed E-state index contributed by atoms with van der Waals surface area (Å²) < 4.78 is 0. The smallest absolute Gasteiger partial charge is 0.338 e. The number of nitrogen functional groups attached to an aromatic ring is 1. The quantitative estimate of drug-likeness (QED) is 0.778. The maximum atomic E-state index is 11.2. The molecule has 2 rings (SSSR count). The van der Waals surface area contributed by atoms with Crippen LogP contribution < -0.4 is 5.73 Å². The summed E-state index contributed by atoms with van der Waals surface area (Å²) in [5.41, 5.74) is 8.50. The van der Waals surface area contributed by atoms with Crippen LogP contribution in [0.1, 0.15) is 28.4 Å². The normalized spacial score (nSPS) is 10.7. The molecule has 0 saturated carbocycles. The van der Waals surface area contributed by atoms with Gasteiger partial charge in [0.15, 0.2) is 0 Å². The van der Waals surface area contributed by atoms with Crippen molar-refractivity contribution in [2.24, 2.45) is 0 Å². The van der Waals surface area contributed by atoms with Gasteiger partial charge in [-0.3, -0.25) is 0 Å². The van der Waals surface area contributed by atoms with E-state index in [0.29, 0.717) is 12.1 Å². The SMILES string of the molecule is CCc1cc2cc(C)ccc2c(N)c1C(=O)O. The van der Waals surface area contributed by atoms with Crippen molar-refractivity contribution >= 4 is 22.4 Å². The number of carboxylic acids is 1. The second-order valence-corrected chi connectivity index (χ2v) is 4.21. The standard InChI is InChI=1S/C14H15NO2/c1-3-9-7-10-6-8(2)4-5-11(10)13(15)12(9)14(16)17/h4-7H,3,15H2,1-2H3,(H,16,17). The highest BCUT2D eigenvalue weighted by atomic mass is 16.4. The van der Waals surface area contributed by atoms with Crippen molar-refractivity contribution in [1.82, 2.24) is 0 Å². The van der Waals surface area contributed by atoms with Gasteiger partial charge in [0.05, 0.1) is 11.3 Å². The molecule has 0 aromatic heterocycles. The summed E-state index contributed by atoms with van der Waals surface area (Å²) in [5, 5.41) is 11.0. The summed E-state index contributed by atoms with van der Waals surface area (Å²) in [6, 6.07) is 7.76. The van der Waals surface area contributed by atoms with Crippen LogP contribution in [0.25, 0.3) is 10.8 Å². The topological polar surface area (TPSA) is 63.3 Å². The third-order valence-electron chi connectivity index (χ3n) is 3.01. The highest BCUT2D eigenvalue weighted by Gasteiger charge is 2.15. The van der Waals surface area contributed by atoms with Gasteiger partial charge in [-0.1, -0.05) is 36.8 Å². The second-order valence-electron chi connectivity index (χ2n) is 4.21. The summed E-state index contributed by atoms with van der Waals surface area (Å²) in [5.74, 6) is -0.957. The van der Waals surface area contributed by atoms with Crippen LogP contribution in [0.15, 0.2) is 24.3 Å². The fourth-order valence-electron chi connectivity index (χ4n) is 2.15. The molecular formula is C14H15NO2. The lowest BCUT2D eigenvalue weighted by Gasteiger charge is -2.11. The Balaban J connectivity index is 2.87. The molecule has 0 bridgehead atoms. The molecule has 0 fully saturated rings. The van der Waals surface area contributed by atoms with Crippen LogP contribution in [0.3, 0.4) is 0 Å². The third kappa shape index (κ3) is 1.84. The number of aromatic carboxylic acids is 1. The van der Waals surface area contributed by atoms with E-state index in [1.807, 2.05) is 38.1 Å². The second kappa shape index (κ2) is 4.09. The monoisotopic (exact) mass is 229 g/mol. The Morgan fingerprint density at radius 1 is 1.35 bits per heavy atom. The van der Waals surface area contributed by atoms with E-state index in [2.05, 4.69) is 0 Å². The van der Waals surface area contributed by atoms with Crippen molar-refractivity contribution in [3.05, 3.63) is 41.0 Å². The van der Waals surface area contributed by atoms with Crippen molar-refractivity contribution < 1.29 is 9.90 Å². The number of carbonyl (C=O) groups is 1. The largest absolute Gasteiger partial charge is 0.478 e. The van der Waals surface area contributed by atoms with Crippen LogP contribution in [0, 0.1) is 6.92 Å². The van der Waals surface area contributed by atoms with Crippen LogP contribution in [0.5, 0.6) is 0 Å². The number of fused-ring (bicyclic) bond motifs is 1. The van der Waals surface area contributed by atoms with E-state index in [4.69, 9.17) is 5.73 Å². The number of hydrogen-bond acceptors (Lipinski definition) is 2. The Bertz CT molecular complexity index is 603. The maximum Gasteiger partial charge on any atom is 0.338 e. The van der Waals surface area contributed by atoms with Gasteiger partial charge in [0.25, 0.3) is 0 Å². The summed E-state index contributed by atoms with van der Waals surface area (Å²) in [6.07, 6.45) is 0.662. The Morgan fingerprint density at radius 2 is 2.06 bits per heavy atom. The lowest BCUT2D eigenvalue weighted by molar-refractivity contribution is 0.0697. The van der Waals surface area contributed by atoms with E-state index in [1.165, 1.54) is 0 Å². The number of rotatable bonds is 2. The van der Waals surface area contributed by atoms with Crippen LogP contribution in [-0.4, -0.2) is 11.1 Å². The van der Waals surface area contributed by atoms with Crippen molar-refractivity contribution in [3.8, 4) is 0 Å². The molecule has 0 amide bonds. The first-order valence-corrected chi connectivity index (χ1v) is 5.59. The minimum atomic E-state index is -0.957. The van der Waals surface area contributed by atoms with E-state index in [1.54, 1.807) is 0 Å². The molecule has 3 N–H and O–H groups in total.